The van der Waals surface area contributed by atoms with Crippen molar-refractivity contribution in [2.75, 3.05) is 0 Å². The van der Waals surface area contributed by atoms with E-state index in [0.29, 0.717) is 11.3 Å². The number of pyridine rings is 1. The normalized spacial score (nSPS) is 13.0. The highest BCUT2D eigenvalue weighted by Gasteiger charge is 2.42. The minimum Gasteiger partial charge on any atom is -0.337 e. The molecule has 1 unspecified atom stereocenters. The van der Waals surface area contributed by atoms with Crippen molar-refractivity contribution in [3.05, 3.63) is 59.8 Å². The Bertz CT molecular complexity index is 876. The van der Waals surface area contributed by atoms with E-state index in [4.69, 9.17) is 0 Å². The number of carbonyl (C=O) groups excluding carboxylic acids is 1. The van der Waals surface area contributed by atoms with Crippen molar-refractivity contribution in [3.63, 3.8) is 0 Å². The molecule has 0 aromatic carbocycles. The lowest BCUT2D eigenvalue weighted by Crippen LogP contribution is -2.38. The Labute approximate surface area is 134 Å². The molecule has 0 aliphatic rings. The van der Waals surface area contributed by atoms with E-state index in [0.717, 1.165) is 6.20 Å². The number of nitrogens with zero attached hydrogens (tertiary/aromatic N) is 4. The largest absolute Gasteiger partial charge is 0.412 e. The fraction of sp³-hybridized carbons (Fsp3) is 0.200. The standard InChI is InChI=1S/C15H12F3N5O/c1-9-11(8-20-12-4-6-21-23(9)12)14(24)22-13(15(16,17)18)10-3-2-5-19-7-10/h2-8,13H,1H3,(H,22,24). The zero-order valence-corrected chi connectivity index (χ0v) is 12.4. The van der Waals surface area contributed by atoms with Crippen molar-refractivity contribution in [1.82, 2.24) is 24.9 Å². The molecule has 1 amide bonds. The summed E-state index contributed by atoms with van der Waals surface area (Å²) in [4.78, 5) is 20.0. The Balaban J connectivity index is 1.94. The van der Waals surface area contributed by atoms with Gasteiger partial charge in [0, 0.05) is 30.2 Å². The van der Waals surface area contributed by atoms with Gasteiger partial charge in [-0.25, -0.2) is 9.50 Å². The van der Waals surface area contributed by atoms with Gasteiger partial charge in [-0.2, -0.15) is 18.3 Å². The van der Waals surface area contributed by atoms with Crippen molar-refractivity contribution in [2.24, 2.45) is 0 Å². The lowest BCUT2D eigenvalue weighted by atomic mass is 10.1. The maximum atomic E-state index is 13.3. The van der Waals surface area contributed by atoms with Gasteiger partial charge >= 0.3 is 6.18 Å². The van der Waals surface area contributed by atoms with E-state index in [1.54, 1.807) is 13.0 Å². The molecule has 3 rings (SSSR count). The first kappa shape index (κ1) is 15.9. The number of amides is 1. The van der Waals surface area contributed by atoms with Crippen molar-refractivity contribution >= 4 is 11.6 Å². The van der Waals surface area contributed by atoms with Gasteiger partial charge in [0.1, 0.15) is 0 Å². The summed E-state index contributed by atoms with van der Waals surface area (Å²) in [6.45, 7) is 1.59. The number of hydrogen-bond acceptors (Lipinski definition) is 4. The molecule has 1 N–H and O–H groups in total. The smallest absolute Gasteiger partial charge is 0.337 e. The molecule has 0 radical (unpaired) electrons. The molecule has 0 spiro atoms. The highest BCUT2D eigenvalue weighted by molar-refractivity contribution is 5.95. The lowest BCUT2D eigenvalue weighted by Gasteiger charge is -2.22. The van der Waals surface area contributed by atoms with E-state index in [2.05, 4.69) is 15.1 Å². The summed E-state index contributed by atoms with van der Waals surface area (Å²) in [6.07, 6.45) is 0.498. The summed E-state index contributed by atoms with van der Waals surface area (Å²) in [5.74, 6) is -0.886. The minimum absolute atomic E-state index is 0.0179. The van der Waals surface area contributed by atoms with Crippen LogP contribution in [0.15, 0.2) is 43.0 Å². The van der Waals surface area contributed by atoms with E-state index in [1.165, 1.54) is 35.2 Å². The Kier molecular flexibility index (Phi) is 3.92. The Morgan fingerprint density at radius 2 is 2.04 bits per heavy atom. The van der Waals surface area contributed by atoms with Crippen LogP contribution in [0.2, 0.25) is 0 Å². The topological polar surface area (TPSA) is 72.2 Å². The number of aryl methyl sites for hydroxylation is 1. The van der Waals surface area contributed by atoms with Gasteiger partial charge in [-0.05, 0) is 13.0 Å². The molecule has 3 heterocycles. The Hall–Kier alpha value is -2.97. The number of alkyl halides is 3. The molecule has 0 bridgehead atoms. The van der Waals surface area contributed by atoms with E-state index in [-0.39, 0.29) is 11.1 Å². The summed E-state index contributed by atoms with van der Waals surface area (Å²) >= 11 is 0. The maximum absolute atomic E-state index is 13.3. The number of nitrogens with one attached hydrogen (secondary N) is 1. The van der Waals surface area contributed by atoms with Gasteiger partial charge in [-0.15, -0.1) is 0 Å². The third-order valence-electron chi connectivity index (χ3n) is 3.52. The van der Waals surface area contributed by atoms with Crippen LogP contribution in [0.1, 0.15) is 27.7 Å². The second-order valence-electron chi connectivity index (χ2n) is 5.09. The van der Waals surface area contributed by atoms with E-state index < -0.39 is 18.1 Å². The number of hydrogen-bond donors (Lipinski definition) is 1. The van der Waals surface area contributed by atoms with Crippen LogP contribution in [0.3, 0.4) is 0 Å². The van der Waals surface area contributed by atoms with Crippen LogP contribution < -0.4 is 5.32 Å². The minimum atomic E-state index is -4.66. The summed E-state index contributed by atoms with van der Waals surface area (Å²) in [7, 11) is 0. The van der Waals surface area contributed by atoms with E-state index in [1.807, 2.05) is 5.32 Å². The molecule has 3 aromatic rings. The van der Waals surface area contributed by atoms with Gasteiger partial charge in [-0.1, -0.05) is 6.07 Å². The average Bonchev–Trinajstić information content (AvgIpc) is 3.02. The molecule has 0 fully saturated rings. The summed E-state index contributed by atoms with van der Waals surface area (Å²) in [5.41, 5.74) is 0.770. The summed E-state index contributed by atoms with van der Waals surface area (Å²) < 4.78 is 41.3. The van der Waals surface area contributed by atoms with Crippen LogP contribution in [-0.2, 0) is 0 Å². The Morgan fingerprint density at radius 3 is 2.71 bits per heavy atom. The van der Waals surface area contributed by atoms with Crippen molar-refractivity contribution < 1.29 is 18.0 Å². The Morgan fingerprint density at radius 1 is 1.25 bits per heavy atom. The second-order valence-corrected chi connectivity index (χ2v) is 5.09. The van der Waals surface area contributed by atoms with Gasteiger partial charge < -0.3 is 5.32 Å². The summed E-state index contributed by atoms with van der Waals surface area (Å²) in [6, 6.07) is 2.10. The quantitative estimate of drug-likeness (QED) is 0.798. The van der Waals surface area contributed by atoms with Crippen LogP contribution in [0.25, 0.3) is 5.65 Å². The van der Waals surface area contributed by atoms with Gasteiger partial charge in [0.05, 0.1) is 17.5 Å². The molecule has 0 saturated heterocycles. The number of aromatic nitrogens is 4. The second kappa shape index (κ2) is 5.91. The van der Waals surface area contributed by atoms with Gasteiger partial charge in [0.2, 0.25) is 0 Å². The van der Waals surface area contributed by atoms with Crippen LogP contribution in [-0.4, -0.2) is 31.7 Å². The molecule has 6 nitrogen and oxygen atoms in total. The van der Waals surface area contributed by atoms with E-state index >= 15 is 0 Å². The van der Waals surface area contributed by atoms with E-state index in [9.17, 15) is 18.0 Å². The average molecular weight is 335 g/mol. The molecular formula is C15H12F3N5O. The zero-order valence-electron chi connectivity index (χ0n) is 12.4. The van der Waals surface area contributed by atoms with Crippen LogP contribution in [0.5, 0.6) is 0 Å². The zero-order chi connectivity index (χ0) is 17.3. The number of rotatable bonds is 3. The fourth-order valence-corrected chi connectivity index (χ4v) is 2.32. The molecule has 0 saturated carbocycles. The maximum Gasteiger partial charge on any atom is 0.412 e. The highest BCUT2D eigenvalue weighted by Crippen LogP contribution is 2.32. The van der Waals surface area contributed by atoms with Crippen molar-refractivity contribution in [1.29, 1.82) is 0 Å². The molecule has 0 aliphatic heterocycles. The molecule has 124 valence electrons. The van der Waals surface area contributed by atoms with Crippen LogP contribution in [0.4, 0.5) is 13.2 Å². The third kappa shape index (κ3) is 2.92. The fourth-order valence-electron chi connectivity index (χ4n) is 2.32. The number of fused-ring (bicyclic) bond motifs is 1. The predicted octanol–water partition coefficient (Wildman–Crippen LogP) is 2.47. The third-order valence-corrected chi connectivity index (χ3v) is 3.52. The SMILES string of the molecule is Cc1c(C(=O)NC(c2cccnc2)C(F)(F)F)cnc2ccnn12. The predicted molar refractivity (Wildman–Crippen MR) is 78.2 cm³/mol. The molecule has 9 heteroatoms. The van der Waals surface area contributed by atoms with Gasteiger partial charge in [-0.3, -0.25) is 9.78 Å². The lowest BCUT2D eigenvalue weighted by molar-refractivity contribution is -0.155. The summed E-state index contributed by atoms with van der Waals surface area (Å²) in [5, 5.41) is 5.99. The first-order valence-electron chi connectivity index (χ1n) is 6.95. The van der Waals surface area contributed by atoms with Crippen molar-refractivity contribution in [3.8, 4) is 0 Å². The van der Waals surface area contributed by atoms with Crippen LogP contribution >= 0.6 is 0 Å². The molecule has 24 heavy (non-hydrogen) atoms. The van der Waals surface area contributed by atoms with Crippen LogP contribution in [0, 0.1) is 6.92 Å². The monoisotopic (exact) mass is 335 g/mol. The molecular weight excluding hydrogens is 323 g/mol. The number of halogens is 3. The molecule has 0 aliphatic carbocycles. The van der Waals surface area contributed by atoms with Gasteiger partial charge in [0.25, 0.3) is 5.91 Å². The highest BCUT2D eigenvalue weighted by atomic mass is 19.4. The molecule has 1 atom stereocenters. The molecule has 3 aromatic heterocycles. The first-order chi connectivity index (χ1) is 11.4. The first-order valence-corrected chi connectivity index (χ1v) is 6.95. The van der Waals surface area contributed by atoms with Crippen molar-refractivity contribution in [2.45, 2.75) is 19.1 Å². The number of carbonyl (C=O) groups is 1. The van der Waals surface area contributed by atoms with Gasteiger partial charge in [0.15, 0.2) is 11.7 Å².